The van der Waals surface area contributed by atoms with Crippen LogP contribution in [0.1, 0.15) is 64.7 Å². The number of nitrogens with two attached hydrogens (primary N) is 1. The second kappa shape index (κ2) is 9.26. The van der Waals surface area contributed by atoms with Crippen LogP contribution >= 0.6 is 0 Å². The zero-order valence-electron chi connectivity index (χ0n) is 14.6. The Balaban J connectivity index is 1.70. The van der Waals surface area contributed by atoms with Crippen molar-refractivity contribution >= 4 is 11.8 Å². The molecule has 2 amide bonds. The Hall–Kier alpha value is -1.10. The van der Waals surface area contributed by atoms with Crippen LogP contribution in [0.4, 0.5) is 0 Å². The third kappa shape index (κ3) is 5.48. The minimum atomic E-state index is 0.0780. The lowest BCUT2D eigenvalue weighted by atomic mass is 9.84. The van der Waals surface area contributed by atoms with Crippen LogP contribution in [0, 0.1) is 11.8 Å². The van der Waals surface area contributed by atoms with Crippen molar-refractivity contribution in [3.8, 4) is 0 Å². The summed E-state index contributed by atoms with van der Waals surface area (Å²) >= 11 is 0. The van der Waals surface area contributed by atoms with E-state index >= 15 is 0 Å². The summed E-state index contributed by atoms with van der Waals surface area (Å²) < 4.78 is 0. The summed E-state index contributed by atoms with van der Waals surface area (Å²) in [4.78, 5) is 26.7. The maximum absolute atomic E-state index is 12.6. The Morgan fingerprint density at radius 2 is 1.83 bits per heavy atom. The Morgan fingerprint density at radius 3 is 2.48 bits per heavy atom. The number of carbonyl (C=O) groups excluding carboxylic acids is 2. The highest BCUT2D eigenvalue weighted by Crippen LogP contribution is 2.27. The molecule has 132 valence electrons. The molecule has 5 heteroatoms. The average molecular weight is 323 g/mol. The fraction of sp³-hybridized carbons (Fsp3) is 0.889. The summed E-state index contributed by atoms with van der Waals surface area (Å²) in [7, 11) is 0. The molecule has 0 aromatic heterocycles. The van der Waals surface area contributed by atoms with Crippen LogP contribution in [-0.4, -0.2) is 42.4 Å². The molecule has 1 aliphatic heterocycles. The van der Waals surface area contributed by atoms with Gasteiger partial charge in [-0.25, -0.2) is 0 Å². The van der Waals surface area contributed by atoms with Gasteiger partial charge in [-0.15, -0.1) is 0 Å². The molecule has 1 saturated carbocycles. The third-order valence-corrected chi connectivity index (χ3v) is 5.32. The van der Waals surface area contributed by atoms with Crippen molar-refractivity contribution in [2.45, 2.75) is 70.8 Å². The van der Waals surface area contributed by atoms with Gasteiger partial charge in [-0.3, -0.25) is 9.59 Å². The highest BCUT2D eigenvalue weighted by Gasteiger charge is 2.32. The highest BCUT2D eigenvalue weighted by molar-refractivity contribution is 5.81. The largest absolute Gasteiger partial charge is 0.356 e. The Bertz CT molecular complexity index is 392. The van der Waals surface area contributed by atoms with Crippen LogP contribution in [0.2, 0.25) is 0 Å². The summed E-state index contributed by atoms with van der Waals surface area (Å²) in [6.07, 6.45) is 8.90. The van der Waals surface area contributed by atoms with Crippen LogP contribution in [-0.2, 0) is 9.59 Å². The number of likely N-dealkylation sites (tertiary alicyclic amines) is 1. The number of nitrogens with zero attached hydrogens (tertiary/aromatic N) is 1. The monoisotopic (exact) mass is 323 g/mol. The minimum Gasteiger partial charge on any atom is -0.356 e. The van der Waals surface area contributed by atoms with Gasteiger partial charge in [0.15, 0.2) is 0 Å². The van der Waals surface area contributed by atoms with E-state index in [0.29, 0.717) is 0 Å². The molecular formula is C18H33N3O2. The van der Waals surface area contributed by atoms with Crippen LogP contribution in [0.25, 0.3) is 0 Å². The first kappa shape index (κ1) is 18.2. The van der Waals surface area contributed by atoms with Gasteiger partial charge in [-0.2, -0.15) is 0 Å². The number of amides is 2. The fourth-order valence-corrected chi connectivity index (χ4v) is 3.80. The molecule has 2 fully saturated rings. The molecular weight excluding hydrogens is 290 g/mol. The Morgan fingerprint density at radius 1 is 1.09 bits per heavy atom. The van der Waals surface area contributed by atoms with Crippen molar-refractivity contribution in [3.63, 3.8) is 0 Å². The Labute approximate surface area is 140 Å². The predicted molar refractivity (Wildman–Crippen MR) is 91.8 cm³/mol. The normalized spacial score (nSPS) is 26.1. The standard InChI is InChI=1S/C18H33N3O2/c1-2-3-4-10-20-17(22)14-8-11-21(12-9-14)18(23)15-6-5-7-16(19)13-15/h14-16H,2-13,19H2,1H3,(H,20,22). The number of piperidine rings is 1. The number of carbonyl (C=O) groups is 2. The van der Waals surface area contributed by atoms with Gasteiger partial charge in [0, 0.05) is 37.5 Å². The maximum atomic E-state index is 12.6. The number of hydrogen-bond donors (Lipinski definition) is 2. The molecule has 1 aliphatic carbocycles. The van der Waals surface area contributed by atoms with E-state index < -0.39 is 0 Å². The molecule has 2 atom stereocenters. The summed E-state index contributed by atoms with van der Waals surface area (Å²) in [5.41, 5.74) is 6.00. The van der Waals surface area contributed by atoms with E-state index in [-0.39, 0.29) is 29.7 Å². The lowest BCUT2D eigenvalue weighted by molar-refractivity contribution is -0.140. The topological polar surface area (TPSA) is 75.4 Å². The molecule has 0 aromatic rings. The SMILES string of the molecule is CCCCCNC(=O)C1CCN(C(=O)C2CCCC(N)C2)CC1. The molecule has 0 radical (unpaired) electrons. The van der Waals surface area contributed by atoms with Crippen LogP contribution in [0.15, 0.2) is 0 Å². The Kier molecular flexibility index (Phi) is 7.34. The first-order valence-corrected chi connectivity index (χ1v) is 9.44. The van der Waals surface area contributed by atoms with E-state index in [1.165, 1.54) is 6.42 Å². The molecule has 1 heterocycles. The number of hydrogen-bond acceptors (Lipinski definition) is 3. The number of unbranched alkanes of at least 4 members (excludes halogenated alkanes) is 2. The molecule has 3 N–H and O–H groups in total. The molecule has 5 nitrogen and oxygen atoms in total. The quantitative estimate of drug-likeness (QED) is 0.735. The molecule has 0 bridgehead atoms. The van der Waals surface area contributed by atoms with Crippen LogP contribution in [0.5, 0.6) is 0 Å². The van der Waals surface area contributed by atoms with Crippen molar-refractivity contribution < 1.29 is 9.59 Å². The van der Waals surface area contributed by atoms with Crippen molar-refractivity contribution in [1.82, 2.24) is 10.2 Å². The summed E-state index contributed by atoms with van der Waals surface area (Å²) in [5, 5.41) is 3.04. The van der Waals surface area contributed by atoms with Gasteiger partial charge in [0.05, 0.1) is 0 Å². The van der Waals surface area contributed by atoms with Gasteiger partial charge in [-0.1, -0.05) is 26.2 Å². The van der Waals surface area contributed by atoms with Crippen molar-refractivity contribution in [2.75, 3.05) is 19.6 Å². The molecule has 2 aliphatic rings. The minimum absolute atomic E-state index is 0.0780. The average Bonchev–Trinajstić information content (AvgIpc) is 2.58. The molecule has 0 aromatic carbocycles. The van der Waals surface area contributed by atoms with E-state index in [4.69, 9.17) is 5.73 Å². The van der Waals surface area contributed by atoms with Crippen molar-refractivity contribution in [2.24, 2.45) is 17.6 Å². The third-order valence-electron chi connectivity index (χ3n) is 5.32. The molecule has 2 rings (SSSR count). The van der Waals surface area contributed by atoms with Gasteiger partial charge in [0.1, 0.15) is 0 Å². The van der Waals surface area contributed by atoms with Gasteiger partial charge in [0.2, 0.25) is 11.8 Å². The van der Waals surface area contributed by atoms with Gasteiger partial charge in [0.25, 0.3) is 0 Å². The first-order valence-electron chi connectivity index (χ1n) is 9.44. The molecule has 2 unspecified atom stereocenters. The summed E-state index contributed by atoms with van der Waals surface area (Å²) in [6.45, 7) is 4.38. The van der Waals surface area contributed by atoms with Gasteiger partial charge in [-0.05, 0) is 38.5 Å². The lowest BCUT2D eigenvalue weighted by Crippen LogP contribution is -2.46. The van der Waals surface area contributed by atoms with Gasteiger partial charge >= 0.3 is 0 Å². The number of nitrogens with one attached hydrogen (secondary N) is 1. The second-order valence-electron chi connectivity index (χ2n) is 7.22. The fourth-order valence-electron chi connectivity index (χ4n) is 3.80. The molecule has 23 heavy (non-hydrogen) atoms. The van der Waals surface area contributed by atoms with E-state index in [2.05, 4.69) is 12.2 Å². The lowest BCUT2D eigenvalue weighted by Gasteiger charge is -2.35. The summed E-state index contributed by atoms with van der Waals surface area (Å²) in [5.74, 6) is 0.627. The zero-order chi connectivity index (χ0) is 16.7. The van der Waals surface area contributed by atoms with E-state index in [1.807, 2.05) is 4.90 Å². The van der Waals surface area contributed by atoms with Crippen molar-refractivity contribution in [1.29, 1.82) is 0 Å². The highest BCUT2D eigenvalue weighted by atomic mass is 16.2. The maximum Gasteiger partial charge on any atom is 0.225 e. The molecule has 1 saturated heterocycles. The summed E-state index contributed by atoms with van der Waals surface area (Å²) in [6, 6.07) is 0.184. The van der Waals surface area contributed by atoms with Crippen LogP contribution < -0.4 is 11.1 Å². The first-order chi connectivity index (χ1) is 11.1. The smallest absolute Gasteiger partial charge is 0.225 e. The van der Waals surface area contributed by atoms with Gasteiger partial charge < -0.3 is 16.0 Å². The van der Waals surface area contributed by atoms with E-state index in [1.54, 1.807) is 0 Å². The molecule has 0 spiro atoms. The van der Waals surface area contributed by atoms with E-state index in [9.17, 15) is 9.59 Å². The van der Waals surface area contributed by atoms with Crippen LogP contribution in [0.3, 0.4) is 0 Å². The predicted octanol–water partition coefficient (Wildman–Crippen LogP) is 2.05. The number of rotatable bonds is 6. The van der Waals surface area contributed by atoms with E-state index in [0.717, 1.165) is 71.0 Å². The zero-order valence-corrected chi connectivity index (χ0v) is 14.6. The second-order valence-corrected chi connectivity index (χ2v) is 7.22. The van der Waals surface area contributed by atoms with Crippen molar-refractivity contribution in [3.05, 3.63) is 0 Å².